The highest BCUT2D eigenvalue weighted by atomic mass is 32.1. The number of thiazole rings is 1. The molecule has 0 aliphatic heterocycles. The van der Waals surface area contributed by atoms with Gasteiger partial charge in [-0.25, -0.2) is 4.98 Å². The van der Waals surface area contributed by atoms with E-state index in [1.807, 2.05) is 0 Å². The van der Waals surface area contributed by atoms with Crippen LogP contribution >= 0.6 is 11.3 Å². The van der Waals surface area contributed by atoms with Crippen molar-refractivity contribution < 1.29 is 0 Å². The Labute approximate surface area is 126 Å². The standard InChI is InChI=1S/C17H24N2S/c1-12-6-5-7-13(8-12)14(10-18)9-16-19-15(11-20-16)17(2,3)4/h5-8,11,14H,9-10,18H2,1-4H3. The maximum absolute atomic E-state index is 5.97. The number of aromatic nitrogens is 1. The predicted molar refractivity (Wildman–Crippen MR) is 87.5 cm³/mol. The molecule has 2 nitrogen and oxygen atoms in total. The Morgan fingerprint density at radius 1 is 1.30 bits per heavy atom. The van der Waals surface area contributed by atoms with E-state index in [2.05, 4.69) is 57.3 Å². The third-order valence-corrected chi connectivity index (χ3v) is 4.41. The van der Waals surface area contributed by atoms with E-state index in [4.69, 9.17) is 10.7 Å². The zero-order chi connectivity index (χ0) is 14.8. The lowest BCUT2D eigenvalue weighted by atomic mass is 9.93. The molecule has 20 heavy (non-hydrogen) atoms. The molecule has 1 aromatic carbocycles. The molecular weight excluding hydrogens is 264 g/mol. The molecule has 108 valence electrons. The van der Waals surface area contributed by atoms with E-state index in [1.165, 1.54) is 21.8 Å². The summed E-state index contributed by atoms with van der Waals surface area (Å²) < 4.78 is 0. The molecule has 1 heterocycles. The molecule has 0 fully saturated rings. The molecule has 3 heteroatoms. The molecule has 2 rings (SSSR count). The first-order valence-corrected chi connectivity index (χ1v) is 7.99. The van der Waals surface area contributed by atoms with Crippen molar-refractivity contribution in [2.75, 3.05) is 6.54 Å². The molecule has 0 saturated heterocycles. The SMILES string of the molecule is Cc1cccc(C(CN)Cc2nc(C(C)(C)C)cs2)c1. The normalized spacial score (nSPS) is 13.4. The van der Waals surface area contributed by atoms with Gasteiger partial charge in [-0.05, 0) is 19.0 Å². The van der Waals surface area contributed by atoms with Gasteiger partial charge in [0.1, 0.15) is 0 Å². The first-order valence-electron chi connectivity index (χ1n) is 7.11. The van der Waals surface area contributed by atoms with Crippen molar-refractivity contribution in [2.24, 2.45) is 5.73 Å². The van der Waals surface area contributed by atoms with E-state index in [0.29, 0.717) is 12.5 Å². The second kappa shape index (κ2) is 6.06. The first-order chi connectivity index (χ1) is 9.40. The summed E-state index contributed by atoms with van der Waals surface area (Å²) in [5.41, 5.74) is 9.88. The van der Waals surface area contributed by atoms with Gasteiger partial charge >= 0.3 is 0 Å². The van der Waals surface area contributed by atoms with Gasteiger partial charge in [0.05, 0.1) is 10.7 Å². The monoisotopic (exact) mass is 288 g/mol. The van der Waals surface area contributed by atoms with Crippen LogP contribution in [0.5, 0.6) is 0 Å². The van der Waals surface area contributed by atoms with Crippen LogP contribution in [-0.2, 0) is 11.8 Å². The first kappa shape index (κ1) is 15.2. The molecule has 1 unspecified atom stereocenters. The number of hydrogen-bond donors (Lipinski definition) is 1. The van der Waals surface area contributed by atoms with Crippen LogP contribution in [0.15, 0.2) is 29.6 Å². The highest BCUT2D eigenvalue weighted by Crippen LogP contribution is 2.27. The van der Waals surface area contributed by atoms with Gasteiger partial charge in [-0.3, -0.25) is 0 Å². The van der Waals surface area contributed by atoms with Gasteiger partial charge in [0.2, 0.25) is 0 Å². The van der Waals surface area contributed by atoms with Gasteiger partial charge in [0.15, 0.2) is 0 Å². The molecule has 0 bridgehead atoms. The van der Waals surface area contributed by atoms with E-state index in [-0.39, 0.29) is 5.41 Å². The minimum absolute atomic E-state index is 0.121. The topological polar surface area (TPSA) is 38.9 Å². The van der Waals surface area contributed by atoms with Gasteiger partial charge in [0, 0.05) is 23.1 Å². The van der Waals surface area contributed by atoms with Crippen LogP contribution in [0.2, 0.25) is 0 Å². The second-order valence-electron chi connectivity index (χ2n) is 6.43. The van der Waals surface area contributed by atoms with Crippen LogP contribution in [-0.4, -0.2) is 11.5 Å². The zero-order valence-corrected chi connectivity index (χ0v) is 13.6. The van der Waals surface area contributed by atoms with Gasteiger partial charge in [-0.1, -0.05) is 50.6 Å². The van der Waals surface area contributed by atoms with Crippen molar-refractivity contribution in [2.45, 2.75) is 45.4 Å². The van der Waals surface area contributed by atoms with Crippen molar-refractivity contribution in [3.05, 3.63) is 51.5 Å². The highest BCUT2D eigenvalue weighted by Gasteiger charge is 2.19. The summed E-state index contributed by atoms with van der Waals surface area (Å²) in [5, 5.41) is 3.37. The Morgan fingerprint density at radius 2 is 2.05 bits per heavy atom. The fourth-order valence-electron chi connectivity index (χ4n) is 2.22. The van der Waals surface area contributed by atoms with Crippen molar-refractivity contribution in [3.63, 3.8) is 0 Å². The second-order valence-corrected chi connectivity index (χ2v) is 7.37. The van der Waals surface area contributed by atoms with E-state index in [1.54, 1.807) is 11.3 Å². The molecule has 1 atom stereocenters. The summed E-state index contributed by atoms with van der Waals surface area (Å²) in [5.74, 6) is 0.355. The van der Waals surface area contributed by atoms with Crippen molar-refractivity contribution >= 4 is 11.3 Å². The Kier molecular flexibility index (Phi) is 4.61. The zero-order valence-electron chi connectivity index (χ0n) is 12.8. The van der Waals surface area contributed by atoms with Crippen LogP contribution < -0.4 is 5.73 Å². The molecule has 0 saturated carbocycles. The van der Waals surface area contributed by atoms with Crippen molar-refractivity contribution in [1.29, 1.82) is 0 Å². The minimum atomic E-state index is 0.121. The van der Waals surface area contributed by atoms with Gasteiger partial charge in [0.25, 0.3) is 0 Å². The van der Waals surface area contributed by atoms with E-state index in [0.717, 1.165) is 6.42 Å². The van der Waals surface area contributed by atoms with Crippen LogP contribution in [0.3, 0.4) is 0 Å². The predicted octanol–water partition coefficient (Wildman–Crippen LogP) is 4.03. The molecular formula is C17H24N2S. The summed E-state index contributed by atoms with van der Waals surface area (Å²) in [4.78, 5) is 4.78. The van der Waals surface area contributed by atoms with Crippen molar-refractivity contribution in [3.8, 4) is 0 Å². The third-order valence-electron chi connectivity index (χ3n) is 3.54. The number of rotatable bonds is 4. The van der Waals surface area contributed by atoms with Gasteiger partial charge in [-0.15, -0.1) is 11.3 Å². The molecule has 1 aromatic heterocycles. The fourth-order valence-corrected chi connectivity index (χ4v) is 3.32. The Hall–Kier alpha value is -1.19. The molecule has 0 aliphatic carbocycles. The number of nitrogens with zero attached hydrogens (tertiary/aromatic N) is 1. The lowest BCUT2D eigenvalue weighted by Gasteiger charge is -2.16. The largest absolute Gasteiger partial charge is 0.330 e. The third kappa shape index (κ3) is 3.68. The Morgan fingerprint density at radius 3 is 2.60 bits per heavy atom. The maximum Gasteiger partial charge on any atom is 0.0935 e. The Balaban J connectivity index is 2.16. The molecule has 0 spiro atoms. The quantitative estimate of drug-likeness (QED) is 0.922. The highest BCUT2D eigenvalue weighted by molar-refractivity contribution is 7.09. The molecule has 2 aromatic rings. The fraction of sp³-hybridized carbons (Fsp3) is 0.471. The average Bonchev–Trinajstić information content (AvgIpc) is 2.84. The molecule has 0 radical (unpaired) electrons. The number of benzene rings is 1. The van der Waals surface area contributed by atoms with E-state index < -0.39 is 0 Å². The van der Waals surface area contributed by atoms with E-state index in [9.17, 15) is 0 Å². The summed E-state index contributed by atoms with van der Waals surface area (Å²) in [6.45, 7) is 9.39. The lowest BCUT2D eigenvalue weighted by Crippen LogP contribution is -2.16. The van der Waals surface area contributed by atoms with Crippen molar-refractivity contribution in [1.82, 2.24) is 4.98 Å². The summed E-state index contributed by atoms with van der Waals surface area (Å²) in [6.07, 6.45) is 0.931. The van der Waals surface area contributed by atoms with Crippen LogP contribution in [0.1, 0.15) is 48.5 Å². The summed E-state index contributed by atoms with van der Waals surface area (Å²) in [7, 11) is 0. The van der Waals surface area contributed by atoms with Crippen LogP contribution in [0, 0.1) is 6.92 Å². The van der Waals surface area contributed by atoms with Crippen LogP contribution in [0.25, 0.3) is 0 Å². The average molecular weight is 288 g/mol. The van der Waals surface area contributed by atoms with E-state index >= 15 is 0 Å². The maximum atomic E-state index is 5.97. The van der Waals surface area contributed by atoms with Gasteiger partial charge in [-0.2, -0.15) is 0 Å². The molecule has 0 aliphatic rings. The van der Waals surface area contributed by atoms with Crippen LogP contribution in [0.4, 0.5) is 0 Å². The molecule has 2 N–H and O–H groups in total. The number of nitrogens with two attached hydrogens (primary N) is 1. The minimum Gasteiger partial charge on any atom is -0.330 e. The number of hydrogen-bond acceptors (Lipinski definition) is 3. The Bertz CT molecular complexity index is 566. The summed E-state index contributed by atoms with van der Waals surface area (Å²) in [6, 6.07) is 8.63. The van der Waals surface area contributed by atoms with Gasteiger partial charge < -0.3 is 5.73 Å². The summed E-state index contributed by atoms with van der Waals surface area (Å²) >= 11 is 1.75. The lowest BCUT2D eigenvalue weighted by molar-refractivity contribution is 0.568. The number of aryl methyl sites for hydroxylation is 1. The molecule has 0 amide bonds. The smallest absolute Gasteiger partial charge is 0.0935 e.